The summed E-state index contributed by atoms with van der Waals surface area (Å²) < 4.78 is 0. The van der Waals surface area contributed by atoms with E-state index in [1.54, 1.807) is 0 Å². The number of hydrogen-bond acceptors (Lipinski definition) is 2. The molecule has 2 saturated heterocycles. The highest BCUT2D eigenvalue weighted by atomic mass is 15.2. The Morgan fingerprint density at radius 3 is 2.71 bits per heavy atom. The van der Waals surface area contributed by atoms with Crippen molar-refractivity contribution >= 4 is 0 Å². The molecule has 2 aliphatic heterocycles. The Morgan fingerprint density at radius 1 is 1.29 bits per heavy atom. The van der Waals surface area contributed by atoms with E-state index in [2.05, 4.69) is 37.9 Å². The summed E-state index contributed by atoms with van der Waals surface area (Å²) in [5, 5.41) is 3.58. The first kappa shape index (κ1) is 13.4. The van der Waals surface area contributed by atoms with Gasteiger partial charge in [0.15, 0.2) is 0 Å². The molecule has 0 saturated carbocycles. The highest BCUT2D eigenvalue weighted by Gasteiger charge is 2.35. The molecule has 0 aromatic carbocycles. The smallest absolute Gasteiger partial charge is 0.00930 e. The first-order valence-electron chi connectivity index (χ1n) is 7.45. The van der Waals surface area contributed by atoms with E-state index in [-0.39, 0.29) is 0 Å². The molecule has 1 N–H and O–H groups in total. The summed E-state index contributed by atoms with van der Waals surface area (Å²) in [6.45, 7) is 14.8. The van der Waals surface area contributed by atoms with E-state index in [0.29, 0.717) is 5.41 Å². The summed E-state index contributed by atoms with van der Waals surface area (Å²) in [5.41, 5.74) is 0.503. The Hall–Kier alpha value is -0.0800. The van der Waals surface area contributed by atoms with Gasteiger partial charge in [-0.1, -0.05) is 20.8 Å². The van der Waals surface area contributed by atoms with Crippen LogP contribution in [0.4, 0.5) is 0 Å². The van der Waals surface area contributed by atoms with Gasteiger partial charge in [-0.25, -0.2) is 0 Å². The molecule has 2 fully saturated rings. The highest BCUT2D eigenvalue weighted by Crippen LogP contribution is 2.32. The van der Waals surface area contributed by atoms with Crippen molar-refractivity contribution in [3.05, 3.63) is 0 Å². The minimum atomic E-state index is 0.503. The van der Waals surface area contributed by atoms with E-state index in [0.717, 1.165) is 17.9 Å². The molecule has 2 heteroatoms. The molecule has 0 aliphatic carbocycles. The van der Waals surface area contributed by atoms with Gasteiger partial charge in [0.05, 0.1) is 0 Å². The van der Waals surface area contributed by atoms with Crippen molar-refractivity contribution in [2.24, 2.45) is 17.3 Å². The number of hydrogen-bond donors (Lipinski definition) is 1. The van der Waals surface area contributed by atoms with Gasteiger partial charge in [0.25, 0.3) is 0 Å². The molecular weight excluding hydrogens is 208 g/mol. The van der Waals surface area contributed by atoms with Gasteiger partial charge >= 0.3 is 0 Å². The molecule has 0 spiro atoms. The Bertz CT molecular complexity index is 245. The maximum absolute atomic E-state index is 3.58. The molecule has 4 unspecified atom stereocenters. The molecular formula is C15H30N2. The van der Waals surface area contributed by atoms with Gasteiger partial charge in [-0.15, -0.1) is 0 Å². The van der Waals surface area contributed by atoms with E-state index in [4.69, 9.17) is 0 Å². The molecule has 2 nitrogen and oxygen atoms in total. The summed E-state index contributed by atoms with van der Waals surface area (Å²) in [6.07, 6.45) is 4.16. The third-order valence-electron chi connectivity index (χ3n) is 4.99. The average Bonchev–Trinajstić information content (AvgIpc) is 2.26. The number of rotatable bonds is 2. The van der Waals surface area contributed by atoms with Gasteiger partial charge in [-0.2, -0.15) is 0 Å². The Kier molecular flexibility index (Phi) is 4.14. The second kappa shape index (κ2) is 5.27. The zero-order chi connectivity index (χ0) is 12.5. The molecule has 100 valence electrons. The van der Waals surface area contributed by atoms with Gasteiger partial charge in [-0.3, -0.25) is 4.90 Å². The summed E-state index contributed by atoms with van der Waals surface area (Å²) in [5.74, 6) is 1.74. The van der Waals surface area contributed by atoms with Gasteiger partial charge in [0.2, 0.25) is 0 Å². The molecule has 0 amide bonds. The summed E-state index contributed by atoms with van der Waals surface area (Å²) in [7, 11) is 0. The SMILES string of the molecule is CC1CC(C)C(C)N(CC2(C)CCCNC2)C1. The third-order valence-corrected chi connectivity index (χ3v) is 4.99. The summed E-state index contributed by atoms with van der Waals surface area (Å²) >= 11 is 0. The van der Waals surface area contributed by atoms with Crippen LogP contribution in [0.2, 0.25) is 0 Å². The third kappa shape index (κ3) is 3.23. The summed E-state index contributed by atoms with van der Waals surface area (Å²) in [6, 6.07) is 0.768. The summed E-state index contributed by atoms with van der Waals surface area (Å²) in [4.78, 5) is 2.76. The molecule has 2 heterocycles. The van der Waals surface area contributed by atoms with Crippen molar-refractivity contribution in [3.8, 4) is 0 Å². The molecule has 17 heavy (non-hydrogen) atoms. The van der Waals surface area contributed by atoms with Crippen LogP contribution in [0.15, 0.2) is 0 Å². The van der Waals surface area contributed by atoms with Gasteiger partial charge in [0, 0.05) is 25.7 Å². The van der Waals surface area contributed by atoms with Gasteiger partial charge in [0.1, 0.15) is 0 Å². The van der Waals surface area contributed by atoms with Crippen molar-refractivity contribution < 1.29 is 0 Å². The lowest BCUT2D eigenvalue weighted by Gasteiger charge is -2.46. The fourth-order valence-electron chi connectivity index (χ4n) is 3.79. The normalized spacial score (nSPS) is 44.8. The first-order chi connectivity index (χ1) is 8.00. The van der Waals surface area contributed by atoms with Crippen LogP contribution in [0.1, 0.15) is 47.0 Å². The maximum Gasteiger partial charge on any atom is 0.00930 e. The van der Waals surface area contributed by atoms with Crippen molar-refractivity contribution in [1.82, 2.24) is 10.2 Å². The molecule has 2 aliphatic rings. The second-order valence-corrected chi connectivity index (χ2v) is 7.08. The quantitative estimate of drug-likeness (QED) is 0.796. The minimum Gasteiger partial charge on any atom is -0.316 e. The van der Waals surface area contributed by atoms with E-state index < -0.39 is 0 Å². The van der Waals surface area contributed by atoms with Crippen LogP contribution in [0.25, 0.3) is 0 Å². The fourth-order valence-corrected chi connectivity index (χ4v) is 3.79. The molecule has 0 bridgehead atoms. The molecule has 0 aromatic rings. The fraction of sp³-hybridized carbons (Fsp3) is 1.00. The van der Waals surface area contributed by atoms with Crippen LogP contribution in [-0.2, 0) is 0 Å². The number of nitrogens with one attached hydrogen (secondary N) is 1. The zero-order valence-electron chi connectivity index (χ0n) is 12.1. The van der Waals surface area contributed by atoms with Crippen LogP contribution >= 0.6 is 0 Å². The van der Waals surface area contributed by atoms with Crippen LogP contribution in [0.3, 0.4) is 0 Å². The topological polar surface area (TPSA) is 15.3 Å². The van der Waals surface area contributed by atoms with Crippen LogP contribution in [-0.4, -0.2) is 37.1 Å². The molecule has 0 radical (unpaired) electrons. The maximum atomic E-state index is 3.58. The molecule has 2 rings (SSSR count). The van der Waals surface area contributed by atoms with E-state index in [1.165, 1.54) is 45.4 Å². The lowest BCUT2D eigenvalue weighted by atomic mass is 9.79. The monoisotopic (exact) mass is 238 g/mol. The second-order valence-electron chi connectivity index (χ2n) is 7.08. The van der Waals surface area contributed by atoms with E-state index >= 15 is 0 Å². The number of likely N-dealkylation sites (tertiary alicyclic amines) is 1. The van der Waals surface area contributed by atoms with E-state index in [1.807, 2.05) is 0 Å². The number of piperidine rings is 2. The zero-order valence-corrected chi connectivity index (χ0v) is 12.1. The van der Waals surface area contributed by atoms with Crippen molar-refractivity contribution in [2.75, 3.05) is 26.2 Å². The van der Waals surface area contributed by atoms with Crippen molar-refractivity contribution in [1.29, 1.82) is 0 Å². The molecule has 4 atom stereocenters. The van der Waals surface area contributed by atoms with E-state index in [9.17, 15) is 0 Å². The van der Waals surface area contributed by atoms with Crippen molar-refractivity contribution in [2.45, 2.75) is 53.0 Å². The highest BCUT2D eigenvalue weighted by molar-refractivity contribution is 4.89. The van der Waals surface area contributed by atoms with Crippen LogP contribution < -0.4 is 5.32 Å². The lowest BCUT2D eigenvalue weighted by Crippen LogP contribution is -2.53. The average molecular weight is 238 g/mol. The predicted octanol–water partition coefficient (Wildman–Crippen LogP) is 2.74. The number of nitrogens with zero attached hydrogens (tertiary/aromatic N) is 1. The van der Waals surface area contributed by atoms with Crippen molar-refractivity contribution in [3.63, 3.8) is 0 Å². The minimum absolute atomic E-state index is 0.503. The Labute approximate surface area is 107 Å². The Balaban J connectivity index is 1.96. The lowest BCUT2D eigenvalue weighted by molar-refractivity contribution is 0.0329. The Morgan fingerprint density at radius 2 is 2.06 bits per heavy atom. The first-order valence-corrected chi connectivity index (χ1v) is 7.45. The standard InChI is InChI=1S/C15H30N2/c1-12-8-13(2)14(3)17(9-12)11-15(4)6-5-7-16-10-15/h12-14,16H,5-11H2,1-4H3. The predicted molar refractivity (Wildman–Crippen MR) is 74.2 cm³/mol. The van der Waals surface area contributed by atoms with Gasteiger partial charge in [-0.05, 0) is 50.0 Å². The van der Waals surface area contributed by atoms with Crippen LogP contribution in [0.5, 0.6) is 0 Å². The van der Waals surface area contributed by atoms with Gasteiger partial charge < -0.3 is 5.32 Å². The molecule has 0 aromatic heterocycles. The van der Waals surface area contributed by atoms with Crippen LogP contribution in [0, 0.1) is 17.3 Å². The largest absolute Gasteiger partial charge is 0.316 e.